The first kappa shape index (κ1) is 11.7. The van der Waals surface area contributed by atoms with Crippen LogP contribution in [-0.2, 0) is 4.74 Å². The highest BCUT2D eigenvalue weighted by atomic mass is 32.1. The number of aromatic nitrogens is 3. The van der Waals surface area contributed by atoms with Gasteiger partial charge in [0.1, 0.15) is 0 Å². The van der Waals surface area contributed by atoms with Gasteiger partial charge in [-0.3, -0.25) is 0 Å². The number of carbonyl (C=O) groups is 1. The number of thiazole rings is 1. The Hall–Kier alpha value is -2.41. The quantitative estimate of drug-likeness (QED) is 0.720. The summed E-state index contributed by atoms with van der Waals surface area (Å²) in [5.41, 5.74) is 1.35. The summed E-state index contributed by atoms with van der Waals surface area (Å²) in [7, 11) is 1.29. The zero-order valence-corrected chi connectivity index (χ0v) is 10.7. The molecule has 96 valence electrons. The van der Waals surface area contributed by atoms with E-state index in [1.54, 1.807) is 5.38 Å². The monoisotopic (exact) mass is 275 g/mol. The van der Waals surface area contributed by atoms with E-state index in [1.165, 1.54) is 23.0 Å². The minimum absolute atomic E-state index is 0.194. The van der Waals surface area contributed by atoms with Gasteiger partial charge in [0.2, 0.25) is 0 Å². The van der Waals surface area contributed by atoms with Gasteiger partial charge in [0.05, 0.1) is 18.1 Å². The van der Waals surface area contributed by atoms with Crippen LogP contribution in [0.5, 0.6) is 0 Å². The van der Waals surface area contributed by atoms with E-state index in [0.717, 1.165) is 11.0 Å². The molecule has 0 radical (unpaired) electrons. The molecule has 0 amide bonds. The predicted octanol–water partition coefficient (Wildman–Crippen LogP) is 1.56. The van der Waals surface area contributed by atoms with Gasteiger partial charge in [0.15, 0.2) is 10.8 Å². The van der Waals surface area contributed by atoms with E-state index in [4.69, 9.17) is 0 Å². The summed E-state index contributed by atoms with van der Waals surface area (Å²) in [5.74, 6) is -0.518. The molecular weight excluding hydrogens is 266 g/mol. The fourth-order valence-electron chi connectivity index (χ4n) is 1.81. The number of esters is 1. The van der Waals surface area contributed by atoms with Crippen molar-refractivity contribution in [1.29, 1.82) is 0 Å². The first-order valence-corrected chi connectivity index (χ1v) is 6.32. The Kier molecular flexibility index (Phi) is 2.68. The van der Waals surface area contributed by atoms with Gasteiger partial charge in [-0.2, -0.15) is 0 Å². The lowest BCUT2D eigenvalue weighted by molar-refractivity contribution is 0.0595. The van der Waals surface area contributed by atoms with Crippen LogP contribution < -0.4 is 5.69 Å². The highest BCUT2D eigenvalue weighted by Crippen LogP contribution is 2.19. The van der Waals surface area contributed by atoms with Crippen molar-refractivity contribution in [3.63, 3.8) is 0 Å². The first-order valence-electron chi connectivity index (χ1n) is 5.44. The van der Waals surface area contributed by atoms with Crippen LogP contribution >= 0.6 is 11.3 Å². The summed E-state index contributed by atoms with van der Waals surface area (Å²) in [6, 6.07) is 7.29. The number of ether oxygens (including phenoxy) is 1. The lowest BCUT2D eigenvalue weighted by Crippen LogP contribution is -2.14. The van der Waals surface area contributed by atoms with Gasteiger partial charge >= 0.3 is 11.7 Å². The standard InChI is InChI=1S/C12H9N3O3S/c1-18-10(16)8-6-19-12(14-8)15-9-5-3-2-4-7(9)13-11(15)17/h2-6H,1H3,(H,13,17). The van der Waals surface area contributed by atoms with Crippen LogP contribution in [0.3, 0.4) is 0 Å². The van der Waals surface area contributed by atoms with Crippen molar-refractivity contribution in [3.8, 4) is 5.13 Å². The van der Waals surface area contributed by atoms with Crippen LogP contribution in [0.15, 0.2) is 34.4 Å². The molecule has 2 aromatic heterocycles. The number of rotatable bonds is 2. The van der Waals surface area contributed by atoms with E-state index in [0.29, 0.717) is 5.13 Å². The minimum atomic E-state index is -0.518. The Balaban J connectivity index is 2.19. The van der Waals surface area contributed by atoms with Crippen molar-refractivity contribution < 1.29 is 9.53 Å². The molecule has 0 fully saturated rings. The van der Waals surface area contributed by atoms with Crippen molar-refractivity contribution in [2.75, 3.05) is 7.11 Å². The average Bonchev–Trinajstić information content (AvgIpc) is 3.00. The lowest BCUT2D eigenvalue weighted by atomic mass is 10.3. The Morgan fingerprint density at radius 1 is 1.42 bits per heavy atom. The van der Waals surface area contributed by atoms with E-state index in [2.05, 4.69) is 14.7 Å². The van der Waals surface area contributed by atoms with E-state index in [-0.39, 0.29) is 11.4 Å². The molecular formula is C12H9N3O3S. The molecule has 2 heterocycles. The number of para-hydroxylation sites is 2. The summed E-state index contributed by atoms with van der Waals surface area (Å²) >= 11 is 1.21. The zero-order valence-electron chi connectivity index (χ0n) is 9.91. The van der Waals surface area contributed by atoms with Crippen LogP contribution in [0.25, 0.3) is 16.2 Å². The molecule has 0 aliphatic carbocycles. The highest BCUT2D eigenvalue weighted by Gasteiger charge is 2.15. The second kappa shape index (κ2) is 4.36. The number of imidazole rings is 1. The molecule has 0 unspecified atom stereocenters. The normalized spacial score (nSPS) is 10.8. The second-order valence-corrected chi connectivity index (χ2v) is 4.63. The van der Waals surface area contributed by atoms with Crippen molar-refractivity contribution >= 4 is 28.3 Å². The first-order chi connectivity index (χ1) is 9.20. The Morgan fingerprint density at radius 2 is 2.21 bits per heavy atom. The fraction of sp³-hybridized carbons (Fsp3) is 0.0833. The Labute approximate surface area is 111 Å². The van der Waals surface area contributed by atoms with Crippen LogP contribution in [-0.4, -0.2) is 27.6 Å². The maximum absolute atomic E-state index is 11.9. The van der Waals surface area contributed by atoms with Crippen molar-refractivity contribution in [2.45, 2.75) is 0 Å². The molecule has 0 saturated heterocycles. The molecule has 0 bridgehead atoms. The molecule has 3 rings (SSSR count). The largest absolute Gasteiger partial charge is 0.464 e. The lowest BCUT2D eigenvalue weighted by Gasteiger charge is -1.97. The van der Waals surface area contributed by atoms with Crippen LogP contribution in [0.4, 0.5) is 0 Å². The van der Waals surface area contributed by atoms with Gasteiger partial charge in [-0.15, -0.1) is 11.3 Å². The Morgan fingerprint density at radius 3 is 3.00 bits per heavy atom. The van der Waals surface area contributed by atoms with E-state index < -0.39 is 5.97 Å². The number of hydrogen-bond acceptors (Lipinski definition) is 5. The molecule has 1 aromatic carbocycles. The summed E-state index contributed by atoms with van der Waals surface area (Å²) < 4.78 is 6.03. The second-order valence-electron chi connectivity index (χ2n) is 3.79. The van der Waals surface area contributed by atoms with E-state index in [9.17, 15) is 9.59 Å². The number of fused-ring (bicyclic) bond motifs is 1. The number of nitrogens with one attached hydrogen (secondary N) is 1. The molecule has 0 atom stereocenters. The molecule has 7 heteroatoms. The summed E-state index contributed by atoms with van der Waals surface area (Å²) in [5, 5.41) is 2.00. The van der Waals surface area contributed by atoms with Gasteiger partial charge in [0.25, 0.3) is 0 Å². The number of aromatic amines is 1. The number of carbonyl (C=O) groups excluding carboxylic acids is 1. The molecule has 0 aliphatic heterocycles. The van der Waals surface area contributed by atoms with E-state index in [1.807, 2.05) is 24.3 Å². The van der Waals surface area contributed by atoms with Crippen molar-refractivity contribution in [1.82, 2.24) is 14.5 Å². The van der Waals surface area contributed by atoms with Gasteiger partial charge in [-0.05, 0) is 12.1 Å². The van der Waals surface area contributed by atoms with E-state index >= 15 is 0 Å². The number of H-pyrrole nitrogens is 1. The minimum Gasteiger partial charge on any atom is -0.464 e. The van der Waals surface area contributed by atoms with Gasteiger partial charge in [-0.25, -0.2) is 19.1 Å². The van der Waals surface area contributed by atoms with Gasteiger partial charge in [-0.1, -0.05) is 12.1 Å². The summed E-state index contributed by atoms with van der Waals surface area (Å²) in [6.07, 6.45) is 0. The fourth-order valence-corrected chi connectivity index (χ4v) is 2.61. The third kappa shape index (κ3) is 1.84. The maximum Gasteiger partial charge on any atom is 0.357 e. The third-order valence-corrected chi connectivity index (χ3v) is 3.49. The highest BCUT2D eigenvalue weighted by molar-refractivity contribution is 7.12. The number of hydrogen-bond donors (Lipinski definition) is 1. The molecule has 0 spiro atoms. The molecule has 19 heavy (non-hydrogen) atoms. The number of benzene rings is 1. The van der Waals surface area contributed by atoms with Crippen molar-refractivity contribution in [3.05, 3.63) is 45.8 Å². The molecule has 1 N–H and O–H groups in total. The smallest absolute Gasteiger partial charge is 0.357 e. The molecule has 0 saturated carbocycles. The van der Waals surface area contributed by atoms with Crippen molar-refractivity contribution in [2.24, 2.45) is 0 Å². The van der Waals surface area contributed by atoms with Crippen LogP contribution in [0, 0.1) is 0 Å². The van der Waals surface area contributed by atoms with Gasteiger partial charge < -0.3 is 9.72 Å². The third-order valence-electron chi connectivity index (χ3n) is 2.67. The maximum atomic E-state index is 11.9. The Bertz CT molecular complexity index is 815. The number of methoxy groups -OCH3 is 1. The van der Waals surface area contributed by atoms with Gasteiger partial charge in [0, 0.05) is 5.38 Å². The topological polar surface area (TPSA) is 77.0 Å². The van der Waals surface area contributed by atoms with Crippen LogP contribution in [0.1, 0.15) is 10.5 Å². The average molecular weight is 275 g/mol. The summed E-state index contributed by atoms with van der Waals surface area (Å²) in [6.45, 7) is 0. The summed E-state index contributed by atoms with van der Waals surface area (Å²) in [4.78, 5) is 30.2. The van der Waals surface area contributed by atoms with Crippen LogP contribution in [0.2, 0.25) is 0 Å². The molecule has 0 aliphatic rings. The number of nitrogens with zero attached hydrogens (tertiary/aromatic N) is 2. The molecule has 6 nitrogen and oxygen atoms in total. The SMILES string of the molecule is COC(=O)c1csc(-n2c(=O)[nH]c3ccccc32)n1. The zero-order chi connectivity index (χ0) is 13.4. The molecule has 3 aromatic rings. The predicted molar refractivity (Wildman–Crippen MR) is 70.9 cm³/mol.